The molecule has 0 unspecified atom stereocenters. The van der Waals surface area contributed by atoms with E-state index in [1.807, 2.05) is 0 Å². The smallest absolute Gasteiger partial charge is 0.480 e. The monoisotopic (exact) mass is 212 g/mol. The molecule has 0 saturated carbocycles. The molecule has 0 aliphatic carbocycles. The molecule has 0 atom stereocenters. The molecule has 3 N–H and O–H groups in total. The molecule has 8 heteroatoms. The molecule has 1 heterocycles. The van der Waals surface area contributed by atoms with Crippen molar-refractivity contribution in [3.05, 3.63) is 0 Å². The summed E-state index contributed by atoms with van der Waals surface area (Å²) in [4.78, 5) is 9.58. The molecule has 0 aromatic heterocycles. The molecule has 7 nitrogen and oxygen atoms in total. The summed E-state index contributed by atoms with van der Waals surface area (Å²) in [5.74, 6) is -0.964. The van der Waals surface area contributed by atoms with E-state index in [4.69, 9.17) is 10.2 Å². The van der Waals surface area contributed by atoms with Gasteiger partial charge in [0.15, 0.2) is 0 Å². The van der Waals surface area contributed by atoms with Crippen LogP contribution in [0.3, 0.4) is 0 Å². The molecule has 0 radical (unpaired) electrons. The predicted molar refractivity (Wildman–Crippen MR) is 42.2 cm³/mol. The Balaban J connectivity index is 0.000000223. The molecular formula is C5H11NO6P+. The highest BCUT2D eigenvalue weighted by Gasteiger charge is 2.26. The molecule has 0 bridgehead atoms. The lowest BCUT2D eigenvalue weighted by Crippen LogP contribution is -2.22. The molecular weight excluding hydrogens is 201 g/mol. The van der Waals surface area contributed by atoms with Gasteiger partial charge in [-0.25, -0.2) is 0 Å². The van der Waals surface area contributed by atoms with Gasteiger partial charge in [-0.1, -0.05) is 0 Å². The first-order valence-electron chi connectivity index (χ1n) is 3.43. The Hall–Kier alpha value is -0.590. The fourth-order valence-electron chi connectivity index (χ4n) is 0.424. The highest BCUT2D eigenvalue weighted by atomic mass is 31.1. The van der Waals surface area contributed by atoms with Gasteiger partial charge in [0.1, 0.15) is 13.2 Å². The van der Waals surface area contributed by atoms with Gasteiger partial charge in [0.2, 0.25) is 0 Å². The lowest BCUT2D eigenvalue weighted by Gasteiger charge is -1.90. The van der Waals surface area contributed by atoms with E-state index in [9.17, 15) is 9.36 Å². The number of nitrogens with one attached hydrogen (secondary N) is 1. The Morgan fingerprint density at radius 1 is 1.46 bits per heavy atom. The zero-order valence-corrected chi connectivity index (χ0v) is 7.70. The highest BCUT2D eigenvalue weighted by molar-refractivity contribution is 7.33. The van der Waals surface area contributed by atoms with Crippen LogP contribution in [0.15, 0.2) is 0 Å². The maximum Gasteiger partial charge on any atom is 0.697 e. The fraction of sp³-hybridized carbons (Fsp3) is 0.800. The van der Waals surface area contributed by atoms with Crippen LogP contribution < -0.4 is 5.32 Å². The van der Waals surface area contributed by atoms with Gasteiger partial charge in [-0.15, -0.1) is 9.05 Å². The minimum atomic E-state index is -1.72. The molecule has 76 valence electrons. The molecule has 1 aliphatic rings. The first kappa shape index (κ1) is 12.4. The summed E-state index contributed by atoms with van der Waals surface area (Å²) in [5, 5.41) is 18.0. The predicted octanol–water partition coefficient (Wildman–Crippen LogP) is -0.699. The zero-order valence-electron chi connectivity index (χ0n) is 6.80. The lowest BCUT2D eigenvalue weighted by atomic mass is 10.7. The quantitative estimate of drug-likeness (QED) is 0.419. The number of hydrogen-bond donors (Lipinski definition) is 3. The van der Waals surface area contributed by atoms with E-state index in [2.05, 4.69) is 14.4 Å². The number of carbonyl (C=O) groups is 1. The average molecular weight is 212 g/mol. The van der Waals surface area contributed by atoms with Crippen LogP contribution in [0.5, 0.6) is 0 Å². The number of aliphatic hydroxyl groups excluding tert-OH is 1. The summed E-state index contributed by atoms with van der Waals surface area (Å²) in [6.45, 7) is 0.493. The van der Waals surface area contributed by atoms with Crippen molar-refractivity contribution >= 4 is 14.2 Å². The van der Waals surface area contributed by atoms with Crippen molar-refractivity contribution in [2.24, 2.45) is 0 Å². The van der Waals surface area contributed by atoms with E-state index in [-0.39, 0.29) is 13.3 Å². The normalized spacial score (nSPS) is 15.0. The van der Waals surface area contributed by atoms with Crippen LogP contribution in [-0.4, -0.2) is 42.7 Å². The maximum atomic E-state index is 9.95. The number of carboxylic acid groups (broad SMARTS) is 1. The van der Waals surface area contributed by atoms with Gasteiger partial charge in [-0.3, -0.25) is 10.1 Å². The maximum absolute atomic E-state index is 9.95. The van der Waals surface area contributed by atoms with Crippen LogP contribution in [0.25, 0.3) is 0 Å². The van der Waals surface area contributed by atoms with Crippen molar-refractivity contribution in [1.29, 1.82) is 0 Å². The minimum absolute atomic E-state index is 0.184. The molecule has 1 aliphatic heterocycles. The zero-order chi connectivity index (χ0) is 10.1. The number of hydrogen-bond acceptors (Lipinski definition) is 6. The topological polar surface area (TPSA) is 105 Å². The third kappa shape index (κ3) is 9.32. The van der Waals surface area contributed by atoms with E-state index in [1.54, 1.807) is 0 Å². The second-order valence-corrected chi connectivity index (χ2v) is 2.83. The summed E-state index contributed by atoms with van der Waals surface area (Å²) in [6.07, 6.45) is 0. The van der Waals surface area contributed by atoms with E-state index in [1.165, 1.54) is 0 Å². The van der Waals surface area contributed by atoms with Gasteiger partial charge in [0, 0.05) is 4.57 Å². The number of rotatable bonds is 3. The standard InChI is InChI=1S/C3H7NO3.C2H4O3P/c5-2-4-1-3(6)7;3-6-4-1-2-5-6/h4-5H,1-2H2,(H,6,7);1-2H2/q;+1. The van der Waals surface area contributed by atoms with E-state index >= 15 is 0 Å². The van der Waals surface area contributed by atoms with Crippen molar-refractivity contribution in [2.45, 2.75) is 0 Å². The van der Waals surface area contributed by atoms with Gasteiger partial charge in [-0.2, -0.15) is 0 Å². The van der Waals surface area contributed by atoms with Crippen LogP contribution >= 0.6 is 8.25 Å². The minimum Gasteiger partial charge on any atom is -0.480 e. The molecule has 1 saturated heterocycles. The van der Waals surface area contributed by atoms with Gasteiger partial charge in [0.25, 0.3) is 0 Å². The Bertz CT molecular complexity index is 166. The van der Waals surface area contributed by atoms with Crippen LogP contribution in [0, 0.1) is 0 Å². The largest absolute Gasteiger partial charge is 0.697 e. The van der Waals surface area contributed by atoms with Crippen molar-refractivity contribution in [1.82, 2.24) is 5.32 Å². The summed E-state index contributed by atoms with van der Waals surface area (Å²) in [6, 6.07) is 0. The van der Waals surface area contributed by atoms with Crippen LogP contribution in [0.1, 0.15) is 0 Å². The molecule has 0 amide bonds. The van der Waals surface area contributed by atoms with Gasteiger partial charge >= 0.3 is 14.2 Å². The molecule has 0 aromatic rings. The Kier molecular flexibility index (Phi) is 7.66. The first-order chi connectivity index (χ1) is 6.16. The number of aliphatic carboxylic acids is 1. The highest BCUT2D eigenvalue weighted by Crippen LogP contribution is 2.27. The van der Waals surface area contributed by atoms with E-state index < -0.39 is 14.2 Å². The van der Waals surface area contributed by atoms with Gasteiger partial charge in [0.05, 0.1) is 13.3 Å². The summed E-state index contributed by atoms with van der Waals surface area (Å²) in [5.41, 5.74) is 0. The molecule has 1 fully saturated rings. The Morgan fingerprint density at radius 3 is 2.15 bits per heavy atom. The first-order valence-corrected chi connectivity index (χ1v) is 4.53. The van der Waals surface area contributed by atoms with Gasteiger partial charge in [-0.05, 0) is 0 Å². The van der Waals surface area contributed by atoms with Crippen LogP contribution in [-0.2, 0) is 18.4 Å². The SMILES string of the molecule is O=C(O)CNCO.O=[P+]1OCCO1. The van der Waals surface area contributed by atoms with E-state index in [0.29, 0.717) is 13.2 Å². The van der Waals surface area contributed by atoms with Crippen molar-refractivity contribution < 1.29 is 28.6 Å². The van der Waals surface area contributed by atoms with Crippen LogP contribution in [0.2, 0.25) is 0 Å². The second-order valence-electron chi connectivity index (χ2n) is 1.87. The van der Waals surface area contributed by atoms with E-state index in [0.717, 1.165) is 0 Å². The molecule has 0 spiro atoms. The number of carboxylic acids is 1. The fourth-order valence-corrected chi connectivity index (χ4v) is 0.945. The molecule has 1 rings (SSSR count). The third-order valence-corrected chi connectivity index (χ3v) is 1.65. The van der Waals surface area contributed by atoms with Crippen LogP contribution in [0.4, 0.5) is 0 Å². The summed E-state index contributed by atoms with van der Waals surface area (Å²) in [7, 11) is -1.72. The number of aliphatic hydroxyl groups is 1. The third-order valence-electron chi connectivity index (χ3n) is 0.865. The van der Waals surface area contributed by atoms with Crippen molar-refractivity contribution in [2.75, 3.05) is 26.5 Å². The molecule has 13 heavy (non-hydrogen) atoms. The lowest BCUT2D eigenvalue weighted by molar-refractivity contribution is -0.136. The van der Waals surface area contributed by atoms with Crippen molar-refractivity contribution in [3.63, 3.8) is 0 Å². The summed E-state index contributed by atoms with van der Waals surface area (Å²) < 4.78 is 18.8. The van der Waals surface area contributed by atoms with Crippen molar-refractivity contribution in [3.8, 4) is 0 Å². The molecule has 0 aromatic carbocycles. The average Bonchev–Trinajstić information content (AvgIpc) is 2.53. The Morgan fingerprint density at radius 2 is 2.00 bits per heavy atom. The van der Waals surface area contributed by atoms with Gasteiger partial charge < -0.3 is 10.2 Å². The second kappa shape index (κ2) is 8.03. The summed E-state index contributed by atoms with van der Waals surface area (Å²) >= 11 is 0. The Labute approximate surface area is 75.6 Å².